The van der Waals surface area contributed by atoms with Gasteiger partial charge in [0.05, 0.1) is 5.69 Å². The molecule has 0 radical (unpaired) electrons. The summed E-state index contributed by atoms with van der Waals surface area (Å²) in [7, 11) is 5.63. The van der Waals surface area contributed by atoms with Crippen molar-refractivity contribution in [2.45, 2.75) is 13.5 Å². The van der Waals surface area contributed by atoms with E-state index in [1.165, 1.54) is 11.0 Å². The molecular formula is C22H24N4O2. The molecule has 0 N–H and O–H groups in total. The first kappa shape index (κ1) is 19.4. The predicted octanol–water partition coefficient (Wildman–Crippen LogP) is 2.88. The van der Waals surface area contributed by atoms with Gasteiger partial charge in [0, 0.05) is 45.1 Å². The molecule has 0 aliphatic heterocycles. The number of amides is 1. The number of nitrogens with zero attached hydrogens (tertiary/aromatic N) is 4. The van der Waals surface area contributed by atoms with Gasteiger partial charge in [0.15, 0.2) is 5.69 Å². The van der Waals surface area contributed by atoms with Gasteiger partial charge in [0.1, 0.15) is 0 Å². The Bertz CT molecular complexity index is 1020. The van der Waals surface area contributed by atoms with E-state index in [1.54, 1.807) is 18.7 Å². The standard InChI is InChI=1S/C22H24N4O2/c1-16-14-20(27)21(23-26(16)19-8-6-5-7-9-19)22(28)25(4)15-17-10-12-18(13-11-17)24(2)3/h5-14H,15H2,1-4H3. The second-order valence-electron chi connectivity index (χ2n) is 6.97. The quantitative estimate of drug-likeness (QED) is 0.687. The Morgan fingerprint density at radius 1 is 1.00 bits per heavy atom. The van der Waals surface area contributed by atoms with Crippen molar-refractivity contribution in [3.05, 3.63) is 87.8 Å². The third kappa shape index (κ3) is 4.11. The van der Waals surface area contributed by atoms with E-state index in [9.17, 15) is 9.59 Å². The molecule has 0 saturated heterocycles. The van der Waals surface area contributed by atoms with E-state index in [-0.39, 0.29) is 11.1 Å². The Morgan fingerprint density at radius 3 is 2.25 bits per heavy atom. The first-order valence-electron chi connectivity index (χ1n) is 9.05. The average molecular weight is 376 g/mol. The number of hydrogen-bond donors (Lipinski definition) is 0. The zero-order valence-corrected chi connectivity index (χ0v) is 16.6. The summed E-state index contributed by atoms with van der Waals surface area (Å²) in [6.45, 7) is 2.19. The Hall–Kier alpha value is -3.41. The first-order chi connectivity index (χ1) is 13.4. The van der Waals surface area contributed by atoms with E-state index in [2.05, 4.69) is 5.10 Å². The topological polar surface area (TPSA) is 58.4 Å². The molecule has 6 nitrogen and oxygen atoms in total. The van der Waals surface area contributed by atoms with Gasteiger partial charge in [0.25, 0.3) is 5.91 Å². The number of rotatable bonds is 5. The molecule has 0 bridgehead atoms. The molecule has 2 aromatic carbocycles. The summed E-state index contributed by atoms with van der Waals surface area (Å²) in [6, 6.07) is 18.9. The molecule has 0 unspecified atom stereocenters. The van der Waals surface area contributed by atoms with Crippen molar-refractivity contribution in [2.24, 2.45) is 0 Å². The number of aromatic nitrogens is 2. The maximum atomic E-state index is 12.9. The fraction of sp³-hybridized carbons (Fsp3) is 0.227. The number of aryl methyl sites for hydroxylation is 1. The van der Waals surface area contributed by atoms with Crippen LogP contribution in [0, 0.1) is 6.92 Å². The Labute approximate surface area is 164 Å². The molecule has 1 amide bonds. The minimum atomic E-state index is -0.397. The number of carbonyl (C=O) groups excluding carboxylic acids is 1. The number of benzene rings is 2. The highest BCUT2D eigenvalue weighted by Crippen LogP contribution is 2.14. The van der Waals surface area contributed by atoms with Crippen LogP contribution in [0.5, 0.6) is 0 Å². The van der Waals surface area contributed by atoms with Crippen molar-refractivity contribution in [3.63, 3.8) is 0 Å². The lowest BCUT2D eigenvalue weighted by atomic mass is 10.2. The largest absolute Gasteiger partial charge is 0.378 e. The summed E-state index contributed by atoms with van der Waals surface area (Å²) >= 11 is 0. The van der Waals surface area contributed by atoms with Crippen LogP contribution in [0.4, 0.5) is 5.69 Å². The molecule has 0 saturated carbocycles. The van der Waals surface area contributed by atoms with E-state index in [0.717, 1.165) is 16.9 Å². The number of anilines is 1. The summed E-state index contributed by atoms with van der Waals surface area (Å²) < 4.78 is 1.62. The van der Waals surface area contributed by atoms with E-state index in [0.29, 0.717) is 12.2 Å². The van der Waals surface area contributed by atoms with Crippen molar-refractivity contribution in [2.75, 3.05) is 26.0 Å². The van der Waals surface area contributed by atoms with Crippen LogP contribution >= 0.6 is 0 Å². The molecule has 1 aromatic heterocycles. The van der Waals surface area contributed by atoms with E-state index < -0.39 is 5.91 Å². The highest BCUT2D eigenvalue weighted by atomic mass is 16.2. The molecule has 3 aromatic rings. The molecular weight excluding hydrogens is 352 g/mol. The van der Waals surface area contributed by atoms with Crippen molar-refractivity contribution in [3.8, 4) is 5.69 Å². The molecule has 6 heteroatoms. The SMILES string of the molecule is Cc1cc(=O)c(C(=O)N(C)Cc2ccc(N(C)C)cc2)nn1-c1ccccc1. The van der Waals surface area contributed by atoms with Gasteiger partial charge in [-0.25, -0.2) is 4.68 Å². The summed E-state index contributed by atoms with van der Waals surface area (Å²) in [5, 5.41) is 4.35. The van der Waals surface area contributed by atoms with Gasteiger partial charge in [0.2, 0.25) is 5.43 Å². The third-order valence-corrected chi connectivity index (χ3v) is 4.53. The fourth-order valence-corrected chi connectivity index (χ4v) is 2.95. The smallest absolute Gasteiger partial charge is 0.278 e. The monoisotopic (exact) mass is 376 g/mol. The van der Waals surface area contributed by atoms with Gasteiger partial charge < -0.3 is 9.80 Å². The number of carbonyl (C=O) groups is 1. The van der Waals surface area contributed by atoms with E-state index >= 15 is 0 Å². The average Bonchev–Trinajstić information content (AvgIpc) is 2.68. The second-order valence-corrected chi connectivity index (χ2v) is 6.97. The highest BCUT2D eigenvalue weighted by molar-refractivity contribution is 5.91. The van der Waals surface area contributed by atoms with E-state index in [1.807, 2.05) is 73.6 Å². The molecule has 0 aliphatic rings. The number of para-hydroxylation sites is 1. The predicted molar refractivity (Wildman–Crippen MR) is 111 cm³/mol. The molecule has 144 valence electrons. The molecule has 0 fully saturated rings. The molecule has 0 spiro atoms. The highest BCUT2D eigenvalue weighted by Gasteiger charge is 2.19. The molecule has 1 heterocycles. The van der Waals surface area contributed by atoms with Gasteiger partial charge >= 0.3 is 0 Å². The van der Waals surface area contributed by atoms with Crippen LogP contribution < -0.4 is 10.3 Å². The lowest BCUT2D eigenvalue weighted by Crippen LogP contribution is -2.33. The summed E-state index contributed by atoms with van der Waals surface area (Å²) in [6.07, 6.45) is 0. The first-order valence-corrected chi connectivity index (χ1v) is 9.05. The molecule has 28 heavy (non-hydrogen) atoms. The van der Waals surface area contributed by atoms with Crippen LogP contribution in [0.1, 0.15) is 21.7 Å². The normalized spacial score (nSPS) is 10.6. The van der Waals surface area contributed by atoms with Crippen molar-refractivity contribution < 1.29 is 4.79 Å². The van der Waals surface area contributed by atoms with Crippen molar-refractivity contribution in [1.29, 1.82) is 0 Å². The Morgan fingerprint density at radius 2 is 1.64 bits per heavy atom. The minimum absolute atomic E-state index is 0.0816. The van der Waals surface area contributed by atoms with Gasteiger partial charge in [-0.15, -0.1) is 0 Å². The van der Waals surface area contributed by atoms with E-state index in [4.69, 9.17) is 0 Å². The lowest BCUT2D eigenvalue weighted by molar-refractivity contribution is 0.0776. The van der Waals surface area contributed by atoms with Gasteiger partial charge in [-0.2, -0.15) is 5.10 Å². The zero-order valence-electron chi connectivity index (χ0n) is 16.6. The summed E-state index contributed by atoms with van der Waals surface area (Å²) in [4.78, 5) is 28.8. The summed E-state index contributed by atoms with van der Waals surface area (Å²) in [5.41, 5.74) is 3.10. The molecule has 0 atom stereocenters. The van der Waals surface area contributed by atoms with Crippen LogP contribution in [-0.2, 0) is 6.54 Å². The maximum Gasteiger partial charge on any atom is 0.278 e. The number of hydrogen-bond acceptors (Lipinski definition) is 4. The van der Waals surface area contributed by atoms with Gasteiger partial charge in [-0.05, 0) is 36.8 Å². The Kier molecular flexibility index (Phi) is 5.59. The van der Waals surface area contributed by atoms with Crippen LogP contribution in [0.15, 0.2) is 65.5 Å². The molecule has 0 aliphatic carbocycles. The van der Waals surface area contributed by atoms with Crippen LogP contribution in [0.2, 0.25) is 0 Å². The summed E-state index contributed by atoms with van der Waals surface area (Å²) in [5.74, 6) is -0.397. The van der Waals surface area contributed by atoms with Crippen LogP contribution in [-0.4, -0.2) is 41.7 Å². The van der Waals surface area contributed by atoms with Gasteiger partial charge in [-0.3, -0.25) is 9.59 Å². The van der Waals surface area contributed by atoms with Crippen LogP contribution in [0.25, 0.3) is 5.69 Å². The maximum absolute atomic E-state index is 12.9. The van der Waals surface area contributed by atoms with Crippen molar-refractivity contribution in [1.82, 2.24) is 14.7 Å². The Balaban J connectivity index is 1.86. The fourth-order valence-electron chi connectivity index (χ4n) is 2.95. The molecule has 3 rings (SSSR count). The third-order valence-electron chi connectivity index (χ3n) is 4.53. The second kappa shape index (κ2) is 8.08. The van der Waals surface area contributed by atoms with Crippen LogP contribution in [0.3, 0.4) is 0 Å². The lowest BCUT2D eigenvalue weighted by Gasteiger charge is -2.19. The van der Waals surface area contributed by atoms with Crippen molar-refractivity contribution >= 4 is 11.6 Å². The minimum Gasteiger partial charge on any atom is -0.378 e. The van der Waals surface area contributed by atoms with Gasteiger partial charge in [-0.1, -0.05) is 30.3 Å². The zero-order chi connectivity index (χ0) is 20.3.